The average molecular weight is 462 g/mol. The SMILES string of the molecule is CCN1c2ccc(/C=C3\C(=O)NC(=S)N(c4cc(C)cc(C)c4)C3=O)cc2[C@@H](C)CC1(C)C. The lowest BCUT2D eigenvalue weighted by atomic mass is 9.79. The van der Waals surface area contributed by atoms with Crippen LogP contribution in [0.15, 0.2) is 42.0 Å². The Bertz CT molecular complexity index is 1180. The second-order valence-corrected chi connectivity index (χ2v) is 10.2. The fraction of sp³-hybridized carbons (Fsp3) is 0.370. The highest BCUT2D eigenvalue weighted by molar-refractivity contribution is 7.80. The number of benzene rings is 2. The van der Waals surface area contributed by atoms with E-state index in [-0.39, 0.29) is 16.2 Å². The minimum absolute atomic E-state index is 0.0823. The van der Waals surface area contributed by atoms with Gasteiger partial charge in [0.2, 0.25) is 0 Å². The van der Waals surface area contributed by atoms with Gasteiger partial charge in [-0.05, 0) is 112 Å². The number of anilines is 2. The van der Waals surface area contributed by atoms with Gasteiger partial charge in [-0.3, -0.25) is 19.8 Å². The van der Waals surface area contributed by atoms with Gasteiger partial charge in [0.05, 0.1) is 5.69 Å². The maximum absolute atomic E-state index is 13.4. The number of hydrogen-bond acceptors (Lipinski definition) is 4. The molecule has 2 aliphatic rings. The fourth-order valence-corrected chi connectivity index (χ4v) is 5.62. The van der Waals surface area contributed by atoms with Crippen molar-refractivity contribution in [2.75, 3.05) is 16.3 Å². The van der Waals surface area contributed by atoms with E-state index in [1.165, 1.54) is 16.2 Å². The number of carbonyl (C=O) groups is 2. The van der Waals surface area contributed by atoms with Crippen LogP contribution in [0.4, 0.5) is 11.4 Å². The number of hydrogen-bond donors (Lipinski definition) is 1. The van der Waals surface area contributed by atoms with Crippen LogP contribution < -0.4 is 15.1 Å². The average Bonchev–Trinajstić information content (AvgIpc) is 2.70. The Labute approximate surface area is 201 Å². The molecule has 1 fully saturated rings. The number of amides is 2. The van der Waals surface area contributed by atoms with Crippen molar-refractivity contribution in [3.63, 3.8) is 0 Å². The van der Waals surface area contributed by atoms with Gasteiger partial charge in [-0.2, -0.15) is 0 Å². The largest absolute Gasteiger partial charge is 0.366 e. The summed E-state index contributed by atoms with van der Waals surface area (Å²) in [6.45, 7) is 13.8. The van der Waals surface area contributed by atoms with E-state index in [1.54, 1.807) is 6.08 Å². The Kier molecular flexibility index (Phi) is 5.91. The van der Waals surface area contributed by atoms with Crippen LogP contribution in [0.25, 0.3) is 6.08 Å². The monoisotopic (exact) mass is 461 g/mol. The molecule has 2 aliphatic heterocycles. The molecule has 6 heteroatoms. The Balaban J connectivity index is 1.74. The Hall–Kier alpha value is -2.99. The Morgan fingerprint density at radius 1 is 1.12 bits per heavy atom. The van der Waals surface area contributed by atoms with Crippen LogP contribution in [-0.4, -0.2) is 29.0 Å². The van der Waals surface area contributed by atoms with Gasteiger partial charge in [0.1, 0.15) is 5.57 Å². The van der Waals surface area contributed by atoms with Gasteiger partial charge in [-0.1, -0.05) is 19.1 Å². The maximum Gasteiger partial charge on any atom is 0.270 e. The predicted molar refractivity (Wildman–Crippen MR) is 139 cm³/mol. The first-order chi connectivity index (χ1) is 15.5. The molecule has 2 aromatic carbocycles. The minimum atomic E-state index is -0.465. The lowest BCUT2D eigenvalue weighted by Gasteiger charge is -2.47. The van der Waals surface area contributed by atoms with Crippen molar-refractivity contribution in [3.05, 3.63) is 64.2 Å². The van der Waals surface area contributed by atoms with Gasteiger partial charge in [0.15, 0.2) is 5.11 Å². The van der Waals surface area contributed by atoms with Crippen molar-refractivity contribution in [2.24, 2.45) is 0 Å². The Morgan fingerprint density at radius 2 is 1.79 bits per heavy atom. The second kappa shape index (κ2) is 8.41. The van der Waals surface area contributed by atoms with Crippen LogP contribution >= 0.6 is 12.2 Å². The van der Waals surface area contributed by atoms with Gasteiger partial charge in [0.25, 0.3) is 11.8 Å². The topological polar surface area (TPSA) is 52.7 Å². The molecule has 1 atom stereocenters. The maximum atomic E-state index is 13.4. The van der Waals surface area contributed by atoms with Gasteiger partial charge in [-0.15, -0.1) is 0 Å². The highest BCUT2D eigenvalue weighted by Crippen LogP contribution is 2.43. The zero-order valence-electron chi connectivity index (χ0n) is 20.2. The predicted octanol–water partition coefficient (Wildman–Crippen LogP) is 5.25. The third kappa shape index (κ3) is 4.20. The summed E-state index contributed by atoms with van der Waals surface area (Å²) in [5.74, 6) is -0.491. The van der Waals surface area contributed by atoms with Gasteiger partial charge in [-0.25, -0.2) is 0 Å². The summed E-state index contributed by atoms with van der Waals surface area (Å²) >= 11 is 5.35. The molecule has 4 rings (SSSR count). The molecule has 172 valence electrons. The highest BCUT2D eigenvalue weighted by atomic mass is 32.1. The summed E-state index contributed by atoms with van der Waals surface area (Å²) < 4.78 is 0. The van der Waals surface area contributed by atoms with Crippen molar-refractivity contribution < 1.29 is 9.59 Å². The van der Waals surface area contributed by atoms with Crippen LogP contribution in [0.3, 0.4) is 0 Å². The van der Waals surface area contributed by atoms with Crippen LogP contribution in [0.1, 0.15) is 62.3 Å². The quantitative estimate of drug-likeness (QED) is 0.386. The number of nitrogens with one attached hydrogen (secondary N) is 1. The molecule has 2 heterocycles. The molecule has 5 nitrogen and oxygen atoms in total. The second-order valence-electron chi connectivity index (χ2n) is 9.78. The van der Waals surface area contributed by atoms with E-state index in [0.717, 1.165) is 29.7 Å². The van der Waals surface area contributed by atoms with Gasteiger partial charge in [0, 0.05) is 17.8 Å². The number of fused-ring (bicyclic) bond motifs is 1. The number of aryl methyl sites for hydroxylation is 2. The number of rotatable bonds is 3. The van der Waals surface area contributed by atoms with E-state index in [0.29, 0.717) is 11.6 Å². The van der Waals surface area contributed by atoms with Crippen molar-refractivity contribution in [2.45, 2.75) is 59.4 Å². The minimum Gasteiger partial charge on any atom is -0.366 e. The zero-order valence-corrected chi connectivity index (χ0v) is 21.0. The lowest BCUT2D eigenvalue weighted by molar-refractivity contribution is -0.122. The summed E-state index contributed by atoms with van der Waals surface area (Å²) in [7, 11) is 0. The standard InChI is InChI=1S/C27H31N3O2S/c1-7-29-23-9-8-19(13-21(23)18(4)15-27(29,5)6)14-22-24(31)28-26(33)30(25(22)32)20-11-16(2)10-17(3)12-20/h8-14,18H,7,15H2,1-6H3,(H,28,31,33)/b22-14+/t18-/m0/s1. The summed E-state index contributed by atoms with van der Waals surface area (Å²) in [4.78, 5) is 30.0. The van der Waals surface area contributed by atoms with Crippen molar-refractivity contribution in [1.29, 1.82) is 0 Å². The smallest absolute Gasteiger partial charge is 0.270 e. The Morgan fingerprint density at radius 3 is 2.42 bits per heavy atom. The van der Waals surface area contributed by atoms with Crippen LogP contribution in [0, 0.1) is 13.8 Å². The summed E-state index contributed by atoms with van der Waals surface area (Å²) in [6, 6.07) is 12.0. The molecule has 2 amide bonds. The van der Waals surface area contributed by atoms with E-state index < -0.39 is 11.8 Å². The van der Waals surface area contributed by atoms with Crippen molar-refractivity contribution in [1.82, 2.24) is 5.32 Å². The van der Waals surface area contributed by atoms with Crippen molar-refractivity contribution >= 4 is 46.6 Å². The van der Waals surface area contributed by atoms with Crippen LogP contribution in [0.5, 0.6) is 0 Å². The first-order valence-electron chi connectivity index (χ1n) is 11.4. The molecule has 0 spiro atoms. The van der Waals surface area contributed by atoms with E-state index in [9.17, 15) is 9.59 Å². The molecule has 1 saturated heterocycles. The van der Waals surface area contributed by atoms with Gasteiger partial charge < -0.3 is 4.90 Å². The molecule has 1 N–H and O–H groups in total. The number of carbonyl (C=O) groups excluding carboxylic acids is 2. The van der Waals surface area contributed by atoms with E-state index in [2.05, 4.69) is 50.0 Å². The summed E-state index contributed by atoms with van der Waals surface area (Å²) in [5, 5.41) is 2.79. The lowest BCUT2D eigenvalue weighted by Crippen LogP contribution is -2.54. The first kappa shape index (κ1) is 23.2. The van der Waals surface area contributed by atoms with E-state index in [4.69, 9.17) is 12.2 Å². The zero-order chi connectivity index (χ0) is 24.1. The molecular weight excluding hydrogens is 430 g/mol. The summed E-state index contributed by atoms with van der Waals surface area (Å²) in [6.07, 6.45) is 2.72. The van der Waals surface area contributed by atoms with Crippen LogP contribution in [-0.2, 0) is 9.59 Å². The third-order valence-corrected chi connectivity index (χ3v) is 6.89. The number of nitrogens with zero attached hydrogens (tertiary/aromatic N) is 2. The van der Waals surface area contributed by atoms with Gasteiger partial charge >= 0.3 is 0 Å². The fourth-order valence-electron chi connectivity index (χ4n) is 5.34. The van der Waals surface area contributed by atoms with E-state index in [1.807, 2.05) is 38.1 Å². The molecular formula is C27H31N3O2S. The third-order valence-electron chi connectivity index (χ3n) is 6.60. The molecule has 2 aromatic rings. The van der Waals surface area contributed by atoms with Crippen molar-refractivity contribution in [3.8, 4) is 0 Å². The summed E-state index contributed by atoms with van der Waals surface area (Å²) in [5.41, 5.74) is 6.18. The highest BCUT2D eigenvalue weighted by Gasteiger charge is 2.37. The number of thiocarbonyl (C=S) groups is 1. The van der Waals surface area contributed by atoms with Crippen LogP contribution in [0.2, 0.25) is 0 Å². The molecule has 0 aliphatic carbocycles. The molecule has 0 aromatic heterocycles. The normalized spacial score (nSPS) is 21.3. The molecule has 0 radical (unpaired) electrons. The van der Waals surface area contributed by atoms with E-state index >= 15 is 0 Å². The molecule has 0 saturated carbocycles. The molecule has 0 bridgehead atoms. The first-order valence-corrected chi connectivity index (χ1v) is 11.8. The molecule has 0 unspecified atom stereocenters. The molecule has 33 heavy (non-hydrogen) atoms.